The summed E-state index contributed by atoms with van der Waals surface area (Å²) in [6, 6.07) is 13.3. The summed E-state index contributed by atoms with van der Waals surface area (Å²) >= 11 is 9.68. The van der Waals surface area contributed by atoms with E-state index in [0.717, 1.165) is 22.2 Å². The Labute approximate surface area is 185 Å². The molecule has 1 N–H and O–H groups in total. The van der Waals surface area contributed by atoms with Gasteiger partial charge in [0.05, 0.1) is 16.5 Å². The lowest BCUT2D eigenvalue weighted by Crippen LogP contribution is -2.33. The SMILES string of the molecule is COc1cc(/C=C2\SC(=S)N(CC(=O)O)C2=O)cc(Br)c1OCc1ccccc1. The second-order valence-electron chi connectivity index (χ2n) is 5.97. The van der Waals surface area contributed by atoms with Crippen LogP contribution in [-0.2, 0) is 16.2 Å². The lowest BCUT2D eigenvalue weighted by Gasteiger charge is -2.14. The van der Waals surface area contributed by atoms with E-state index < -0.39 is 18.4 Å². The highest BCUT2D eigenvalue weighted by Crippen LogP contribution is 2.39. The summed E-state index contributed by atoms with van der Waals surface area (Å²) in [4.78, 5) is 24.8. The smallest absolute Gasteiger partial charge is 0.323 e. The van der Waals surface area contributed by atoms with Crippen molar-refractivity contribution in [1.82, 2.24) is 4.90 Å². The zero-order valence-corrected chi connectivity index (χ0v) is 18.5. The molecular weight excluding hydrogens is 478 g/mol. The van der Waals surface area contributed by atoms with E-state index in [4.69, 9.17) is 26.8 Å². The van der Waals surface area contributed by atoms with Crippen LogP contribution in [-0.4, -0.2) is 39.9 Å². The molecule has 1 amide bonds. The molecule has 0 aliphatic carbocycles. The number of halogens is 1. The number of ether oxygens (including phenoxy) is 2. The fraction of sp³-hybridized carbons (Fsp3) is 0.150. The molecule has 150 valence electrons. The van der Waals surface area contributed by atoms with Gasteiger partial charge >= 0.3 is 5.97 Å². The maximum Gasteiger partial charge on any atom is 0.323 e. The number of benzene rings is 2. The Kier molecular flexibility index (Phi) is 6.94. The molecule has 0 atom stereocenters. The standard InChI is InChI=1S/C20H16BrNO5S2/c1-26-15-8-13(9-16-19(25)22(10-17(23)24)20(28)29-16)7-14(21)18(15)27-11-12-5-3-2-4-6-12/h2-9H,10-11H2,1H3,(H,23,24)/b16-9-. The van der Waals surface area contributed by atoms with Crippen LogP contribution in [0.25, 0.3) is 6.08 Å². The first-order valence-corrected chi connectivity index (χ1v) is 10.4. The Morgan fingerprint density at radius 2 is 2.03 bits per heavy atom. The van der Waals surface area contributed by atoms with Crippen molar-refractivity contribution in [2.75, 3.05) is 13.7 Å². The van der Waals surface area contributed by atoms with Gasteiger partial charge in [-0.3, -0.25) is 14.5 Å². The number of carboxylic acid groups (broad SMARTS) is 1. The zero-order valence-electron chi connectivity index (χ0n) is 15.3. The van der Waals surface area contributed by atoms with Crippen LogP contribution in [0.2, 0.25) is 0 Å². The third-order valence-corrected chi connectivity index (χ3v) is 5.91. The number of thiocarbonyl (C=S) groups is 1. The van der Waals surface area contributed by atoms with Crippen LogP contribution in [0.15, 0.2) is 51.8 Å². The Hall–Kier alpha value is -2.36. The number of hydrogen-bond acceptors (Lipinski definition) is 6. The number of amides is 1. The van der Waals surface area contributed by atoms with Gasteiger partial charge in [0.2, 0.25) is 0 Å². The van der Waals surface area contributed by atoms with E-state index >= 15 is 0 Å². The quantitative estimate of drug-likeness (QED) is 0.454. The number of aliphatic carboxylic acids is 1. The lowest BCUT2D eigenvalue weighted by molar-refractivity contribution is -0.140. The first-order valence-electron chi connectivity index (χ1n) is 8.40. The molecule has 2 aromatic carbocycles. The average molecular weight is 494 g/mol. The summed E-state index contributed by atoms with van der Waals surface area (Å²) in [5, 5.41) is 8.93. The van der Waals surface area contributed by atoms with Crippen molar-refractivity contribution in [3.8, 4) is 11.5 Å². The molecule has 1 aliphatic heterocycles. The van der Waals surface area contributed by atoms with Crippen molar-refractivity contribution in [1.29, 1.82) is 0 Å². The molecule has 2 aromatic rings. The Morgan fingerprint density at radius 1 is 1.31 bits per heavy atom. The highest BCUT2D eigenvalue weighted by molar-refractivity contribution is 9.10. The van der Waals surface area contributed by atoms with Gasteiger partial charge in [-0.2, -0.15) is 0 Å². The molecule has 0 aromatic heterocycles. The van der Waals surface area contributed by atoms with Gasteiger partial charge in [0, 0.05) is 0 Å². The van der Waals surface area contributed by atoms with E-state index in [1.54, 1.807) is 18.2 Å². The first-order chi connectivity index (χ1) is 13.9. The fourth-order valence-electron chi connectivity index (χ4n) is 2.62. The summed E-state index contributed by atoms with van der Waals surface area (Å²) in [7, 11) is 1.53. The van der Waals surface area contributed by atoms with E-state index in [-0.39, 0.29) is 4.32 Å². The molecule has 0 saturated carbocycles. The lowest BCUT2D eigenvalue weighted by atomic mass is 10.1. The first kappa shape index (κ1) is 21.4. The molecule has 1 aliphatic rings. The number of nitrogens with zero attached hydrogens (tertiary/aromatic N) is 1. The largest absolute Gasteiger partial charge is 0.493 e. The molecule has 1 saturated heterocycles. The predicted octanol–water partition coefficient (Wildman–Crippen LogP) is 4.32. The summed E-state index contributed by atoms with van der Waals surface area (Å²) in [5.41, 5.74) is 1.71. The maximum absolute atomic E-state index is 12.4. The van der Waals surface area contributed by atoms with Gasteiger partial charge in [-0.15, -0.1) is 0 Å². The number of hydrogen-bond donors (Lipinski definition) is 1. The Balaban J connectivity index is 1.83. The van der Waals surface area contributed by atoms with Gasteiger partial charge < -0.3 is 14.6 Å². The van der Waals surface area contributed by atoms with E-state index in [9.17, 15) is 9.59 Å². The molecule has 1 heterocycles. The zero-order chi connectivity index (χ0) is 21.0. The van der Waals surface area contributed by atoms with Crippen molar-refractivity contribution < 1.29 is 24.2 Å². The van der Waals surface area contributed by atoms with Gasteiger partial charge in [0.15, 0.2) is 11.5 Å². The summed E-state index contributed by atoms with van der Waals surface area (Å²) in [6.07, 6.45) is 1.65. The molecule has 6 nitrogen and oxygen atoms in total. The Morgan fingerprint density at radius 3 is 2.69 bits per heavy atom. The second-order valence-corrected chi connectivity index (χ2v) is 8.50. The number of carbonyl (C=O) groups excluding carboxylic acids is 1. The van der Waals surface area contributed by atoms with Crippen LogP contribution in [0.5, 0.6) is 11.5 Å². The molecule has 0 radical (unpaired) electrons. The molecule has 9 heteroatoms. The molecule has 0 spiro atoms. The minimum Gasteiger partial charge on any atom is -0.493 e. The van der Waals surface area contributed by atoms with Crippen molar-refractivity contribution >= 4 is 62.2 Å². The van der Waals surface area contributed by atoms with Crippen molar-refractivity contribution in [2.24, 2.45) is 0 Å². The summed E-state index contributed by atoms with van der Waals surface area (Å²) in [5.74, 6) is -0.497. The molecule has 1 fully saturated rings. The highest BCUT2D eigenvalue weighted by atomic mass is 79.9. The number of rotatable bonds is 7. The van der Waals surface area contributed by atoms with E-state index in [2.05, 4.69) is 15.9 Å². The van der Waals surface area contributed by atoms with Crippen LogP contribution in [0.4, 0.5) is 0 Å². The van der Waals surface area contributed by atoms with Crippen molar-refractivity contribution in [3.63, 3.8) is 0 Å². The van der Waals surface area contributed by atoms with Gasteiger partial charge in [0.25, 0.3) is 5.91 Å². The van der Waals surface area contributed by atoms with Gasteiger partial charge in [-0.1, -0.05) is 54.3 Å². The molecule has 3 rings (SSSR count). The second kappa shape index (κ2) is 9.43. The average Bonchev–Trinajstić information content (AvgIpc) is 2.94. The number of carboxylic acids is 1. The normalized spacial score (nSPS) is 15.1. The monoisotopic (exact) mass is 493 g/mol. The van der Waals surface area contributed by atoms with E-state index in [0.29, 0.717) is 33.0 Å². The summed E-state index contributed by atoms with van der Waals surface area (Å²) in [6.45, 7) is -0.0791. The van der Waals surface area contributed by atoms with Crippen molar-refractivity contribution in [2.45, 2.75) is 6.61 Å². The maximum atomic E-state index is 12.4. The number of methoxy groups -OCH3 is 1. The fourth-order valence-corrected chi connectivity index (χ4v) is 4.45. The van der Waals surface area contributed by atoms with Gasteiger partial charge in [-0.25, -0.2) is 0 Å². The molecule has 29 heavy (non-hydrogen) atoms. The molecular formula is C20H16BrNO5S2. The number of thioether (sulfide) groups is 1. The topological polar surface area (TPSA) is 76.1 Å². The molecule has 0 bridgehead atoms. The highest BCUT2D eigenvalue weighted by Gasteiger charge is 2.33. The third-order valence-electron chi connectivity index (χ3n) is 3.94. The van der Waals surface area contributed by atoms with E-state index in [1.165, 1.54) is 7.11 Å². The van der Waals surface area contributed by atoms with Crippen LogP contribution < -0.4 is 9.47 Å². The van der Waals surface area contributed by atoms with E-state index in [1.807, 2.05) is 30.3 Å². The minimum absolute atomic E-state index is 0.220. The molecule has 0 unspecified atom stereocenters. The summed E-state index contributed by atoms with van der Waals surface area (Å²) < 4.78 is 12.2. The van der Waals surface area contributed by atoms with Crippen LogP contribution >= 0.6 is 39.9 Å². The van der Waals surface area contributed by atoms with Gasteiger partial charge in [-0.05, 0) is 45.3 Å². The van der Waals surface area contributed by atoms with Crippen LogP contribution in [0, 0.1) is 0 Å². The predicted molar refractivity (Wildman–Crippen MR) is 119 cm³/mol. The van der Waals surface area contributed by atoms with Gasteiger partial charge in [0.1, 0.15) is 17.5 Å². The number of carbonyl (C=O) groups is 2. The Bertz CT molecular complexity index is 994. The minimum atomic E-state index is -1.12. The third kappa shape index (κ3) is 5.17. The van der Waals surface area contributed by atoms with Crippen LogP contribution in [0.3, 0.4) is 0 Å². The van der Waals surface area contributed by atoms with Crippen molar-refractivity contribution in [3.05, 3.63) is 63.0 Å². The van der Waals surface area contributed by atoms with Crippen LogP contribution in [0.1, 0.15) is 11.1 Å².